The molecule has 6 heteroatoms. The second-order valence-corrected chi connectivity index (χ2v) is 5.11. The highest BCUT2D eigenvalue weighted by atomic mass is 16.7. The van der Waals surface area contributed by atoms with Crippen LogP contribution in [0.2, 0.25) is 0 Å². The van der Waals surface area contributed by atoms with Crippen molar-refractivity contribution in [2.45, 2.75) is 26.4 Å². The van der Waals surface area contributed by atoms with E-state index in [1.54, 1.807) is 0 Å². The van der Waals surface area contributed by atoms with Crippen molar-refractivity contribution < 1.29 is 29.2 Å². The van der Waals surface area contributed by atoms with Crippen molar-refractivity contribution >= 4 is 0 Å². The minimum absolute atomic E-state index is 0.00240. The Balaban J connectivity index is 1.89. The van der Waals surface area contributed by atoms with E-state index in [1.165, 1.54) is 13.8 Å². The SMILES string of the molecule is CC(O)OCOc1ccc(-c2ccc(OCOC(C)O)cc2)cc1. The highest BCUT2D eigenvalue weighted by Gasteiger charge is 2.02. The third kappa shape index (κ3) is 6.17. The molecular weight excluding hydrogens is 312 g/mol. The van der Waals surface area contributed by atoms with Crippen LogP contribution in [0, 0.1) is 0 Å². The molecule has 0 aromatic heterocycles. The van der Waals surface area contributed by atoms with Crippen LogP contribution in [0.5, 0.6) is 11.5 Å². The predicted molar refractivity (Wildman–Crippen MR) is 88.4 cm³/mol. The number of benzene rings is 2. The lowest BCUT2D eigenvalue weighted by Gasteiger charge is -2.10. The summed E-state index contributed by atoms with van der Waals surface area (Å²) >= 11 is 0. The molecule has 6 nitrogen and oxygen atoms in total. The molecule has 0 fully saturated rings. The van der Waals surface area contributed by atoms with Gasteiger partial charge in [0.1, 0.15) is 11.5 Å². The third-order valence-corrected chi connectivity index (χ3v) is 3.11. The van der Waals surface area contributed by atoms with Gasteiger partial charge in [-0.15, -0.1) is 0 Å². The van der Waals surface area contributed by atoms with E-state index in [1.807, 2.05) is 48.5 Å². The molecule has 0 amide bonds. The van der Waals surface area contributed by atoms with E-state index >= 15 is 0 Å². The zero-order valence-corrected chi connectivity index (χ0v) is 13.7. The average molecular weight is 334 g/mol. The van der Waals surface area contributed by atoms with E-state index in [0.29, 0.717) is 11.5 Å². The van der Waals surface area contributed by atoms with Crippen LogP contribution in [0.1, 0.15) is 13.8 Å². The standard InChI is InChI=1S/C18H22O6/c1-13(19)21-11-23-17-7-3-15(4-8-17)16-5-9-18(10-6-16)24-12-22-14(2)20/h3-10,13-14,19-20H,11-12H2,1-2H3. The van der Waals surface area contributed by atoms with Crippen LogP contribution in [0.3, 0.4) is 0 Å². The van der Waals surface area contributed by atoms with E-state index in [2.05, 4.69) is 0 Å². The molecule has 2 N–H and O–H groups in total. The Morgan fingerprint density at radius 1 is 0.667 bits per heavy atom. The first-order valence-corrected chi connectivity index (χ1v) is 7.60. The number of aliphatic hydroxyl groups is 2. The Hall–Kier alpha value is -2.12. The van der Waals surface area contributed by atoms with Crippen LogP contribution < -0.4 is 9.47 Å². The van der Waals surface area contributed by atoms with Gasteiger partial charge in [0.2, 0.25) is 0 Å². The summed E-state index contributed by atoms with van der Waals surface area (Å²) in [6.45, 7) is 3.04. The summed E-state index contributed by atoms with van der Waals surface area (Å²) in [5.74, 6) is 1.32. The van der Waals surface area contributed by atoms with Crippen LogP contribution >= 0.6 is 0 Å². The first-order valence-electron chi connectivity index (χ1n) is 7.60. The molecule has 0 radical (unpaired) electrons. The Morgan fingerprint density at radius 3 is 1.29 bits per heavy atom. The molecule has 2 aromatic rings. The topological polar surface area (TPSA) is 77.4 Å². The molecular formula is C18H22O6. The van der Waals surface area contributed by atoms with E-state index in [4.69, 9.17) is 29.2 Å². The summed E-state index contributed by atoms with van der Waals surface area (Å²) in [5.41, 5.74) is 2.07. The lowest BCUT2D eigenvalue weighted by molar-refractivity contribution is -0.131. The number of hydrogen-bond donors (Lipinski definition) is 2. The largest absolute Gasteiger partial charge is 0.467 e. The second kappa shape index (κ2) is 9.24. The summed E-state index contributed by atoms with van der Waals surface area (Å²) in [4.78, 5) is 0. The molecule has 2 unspecified atom stereocenters. The zero-order valence-electron chi connectivity index (χ0n) is 13.7. The lowest BCUT2D eigenvalue weighted by atomic mass is 10.1. The second-order valence-electron chi connectivity index (χ2n) is 5.11. The van der Waals surface area contributed by atoms with Crippen molar-refractivity contribution in [1.29, 1.82) is 0 Å². The van der Waals surface area contributed by atoms with Crippen molar-refractivity contribution in [3.63, 3.8) is 0 Å². The summed E-state index contributed by atoms with van der Waals surface area (Å²) in [6, 6.07) is 15.1. The third-order valence-electron chi connectivity index (χ3n) is 3.11. The van der Waals surface area contributed by atoms with Gasteiger partial charge in [-0.05, 0) is 49.2 Å². The van der Waals surface area contributed by atoms with Gasteiger partial charge in [0.15, 0.2) is 26.2 Å². The number of aliphatic hydroxyl groups excluding tert-OH is 2. The van der Waals surface area contributed by atoms with Gasteiger partial charge in [-0.3, -0.25) is 0 Å². The minimum Gasteiger partial charge on any atom is -0.467 e. The van der Waals surface area contributed by atoms with Crippen LogP contribution in [0.4, 0.5) is 0 Å². The van der Waals surface area contributed by atoms with Crippen molar-refractivity contribution in [2.24, 2.45) is 0 Å². The molecule has 0 heterocycles. The molecule has 0 aliphatic rings. The normalized spacial score (nSPS) is 13.3. The fourth-order valence-electron chi connectivity index (χ4n) is 1.89. The molecule has 2 rings (SSSR count). The first-order chi connectivity index (χ1) is 11.5. The van der Waals surface area contributed by atoms with E-state index in [0.717, 1.165) is 11.1 Å². The monoisotopic (exact) mass is 334 g/mol. The average Bonchev–Trinajstić information content (AvgIpc) is 2.56. The highest BCUT2D eigenvalue weighted by molar-refractivity contribution is 5.64. The van der Waals surface area contributed by atoms with Crippen molar-refractivity contribution in [1.82, 2.24) is 0 Å². The highest BCUT2D eigenvalue weighted by Crippen LogP contribution is 2.24. The van der Waals surface area contributed by atoms with Crippen LogP contribution in [-0.4, -0.2) is 36.4 Å². The van der Waals surface area contributed by atoms with Gasteiger partial charge in [-0.25, -0.2) is 0 Å². The molecule has 0 aliphatic carbocycles. The van der Waals surface area contributed by atoms with E-state index in [-0.39, 0.29) is 13.6 Å². The van der Waals surface area contributed by atoms with Gasteiger partial charge in [0.25, 0.3) is 0 Å². The van der Waals surface area contributed by atoms with E-state index in [9.17, 15) is 0 Å². The van der Waals surface area contributed by atoms with E-state index < -0.39 is 12.6 Å². The quantitative estimate of drug-likeness (QED) is 0.687. The summed E-state index contributed by atoms with van der Waals surface area (Å²) in [7, 11) is 0. The molecule has 24 heavy (non-hydrogen) atoms. The zero-order chi connectivity index (χ0) is 17.4. The summed E-state index contributed by atoms with van der Waals surface area (Å²) in [5, 5.41) is 18.0. The van der Waals surface area contributed by atoms with Crippen LogP contribution in [-0.2, 0) is 9.47 Å². The van der Waals surface area contributed by atoms with Gasteiger partial charge in [-0.2, -0.15) is 0 Å². The Kier molecular flexibility index (Phi) is 7.02. The summed E-state index contributed by atoms with van der Waals surface area (Å²) in [6.07, 6.45) is -1.70. The van der Waals surface area contributed by atoms with Gasteiger partial charge in [-0.1, -0.05) is 24.3 Å². The van der Waals surface area contributed by atoms with Crippen LogP contribution in [0.15, 0.2) is 48.5 Å². The fraction of sp³-hybridized carbons (Fsp3) is 0.333. The molecule has 0 saturated carbocycles. The molecule has 0 aliphatic heterocycles. The maximum atomic E-state index is 8.99. The van der Waals surface area contributed by atoms with Gasteiger partial charge < -0.3 is 29.2 Å². The Labute approximate surface area is 141 Å². The smallest absolute Gasteiger partial charge is 0.191 e. The molecule has 0 bridgehead atoms. The minimum atomic E-state index is -0.851. The number of ether oxygens (including phenoxy) is 4. The maximum Gasteiger partial charge on any atom is 0.191 e. The van der Waals surface area contributed by atoms with Gasteiger partial charge >= 0.3 is 0 Å². The maximum absolute atomic E-state index is 8.99. The first kappa shape index (κ1) is 18.2. The Bertz CT molecular complexity index is 536. The van der Waals surface area contributed by atoms with Crippen molar-refractivity contribution in [3.05, 3.63) is 48.5 Å². The fourth-order valence-corrected chi connectivity index (χ4v) is 1.89. The number of rotatable bonds is 9. The lowest BCUT2D eigenvalue weighted by Crippen LogP contribution is -2.11. The number of hydrogen-bond acceptors (Lipinski definition) is 6. The molecule has 0 spiro atoms. The van der Waals surface area contributed by atoms with Crippen molar-refractivity contribution in [2.75, 3.05) is 13.6 Å². The van der Waals surface area contributed by atoms with Gasteiger partial charge in [0, 0.05) is 0 Å². The van der Waals surface area contributed by atoms with Crippen LogP contribution in [0.25, 0.3) is 11.1 Å². The van der Waals surface area contributed by atoms with Gasteiger partial charge in [0.05, 0.1) is 0 Å². The Morgan fingerprint density at radius 2 is 1.00 bits per heavy atom. The molecule has 130 valence electrons. The summed E-state index contributed by atoms with van der Waals surface area (Å²) < 4.78 is 20.5. The molecule has 2 aromatic carbocycles. The molecule has 0 saturated heterocycles. The van der Waals surface area contributed by atoms with Crippen molar-refractivity contribution in [3.8, 4) is 22.6 Å². The molecule has 2 atom stereocenters. The predicted octanol–water partition coefficient (Wildman–Crippen LogP) is 2.74.